The van der Waals surface area contributed by atoms with E-state index in [4.69, 9.17) is 15.6 Å². The Morgan fingerprint density at radius 2 is 1.93 bits per heavy atom. The largest absolute Gasteiger partial charge is 0.481 e. The first kappa shape index (κ1) is 12.9. The molecule has 0 bridgehead atoms. The highest BCUT2D eigenvalue weighted by Gasteiger charge is 2.23. The van der Waals surface area contributed by atoms with E-state index in [0.717, 1.165) is 0 Å². The van der Waals surface area contributed by atoms with Crippen molar-refractivity contribution in [3.8, 4) is 0 Å². The van der Waals surface area contributed by atoms with E-state index in [1.165, 1.54) is 0 Å². The molecule has 82 valence electrons. The minimum absolute atomic E-state index is 0.0609. The molecule has 5 nitrogen and oxygen atoms in total. The van der Waals surface area contributed by atoms with Crippen molar-refractivity contribution in [2.75, 3.05) is 6.54 Å². The average Bonchev–Trinajstić information content (AvgIpc) is 1.96. The number of carboxylic acid groups (broad SMARTS) is 1. The van der Waals surface area contributed by atoms with Gasteiger partial charge in [0.05, 0.1) is 12.3 Å². The van der Waals surface area contributed by atoms with Gasteiger partial charge < -0.3 is 15.6 Å². The normalized spacial score (nSPS) is 13.4. The summed E-state index contributed by atoms with van der Waals surface area (Å²) < 4.78 is 4.96. The summed E-state index contributed by atoms with van der Waals surface area (Å²) in [7, 11) is 0. The molecule has 0 saturated heterocycles. The Labute approximate surface area is 83.2 Å². The van der Waals surface area contributed by atoms with Crippen molar-refractivity contribution >= 4 is 11.9 Å². The summed E-state index contributed by atoms with van der Waals surface area (Å²) in [6, 6.07) is 0. The molecule has 0 aromatic rings. The van der Waals surface area contributed by atoms with E-state index in [1.54, 1.807) is 20.8 Å². The highest BCUT2D eigenvalue weighted by molar-refractivity contribution is 5.79. The third-order valence-corrected chi connectivity index (χ3v) is 1.47. The number of hydrogen-bond acceptors (Lipinski definition) is 4. The molecule has 1 atom stereocenters. The molecular weight excluding hydrogens is 186 g/mol. The SMILES string of the molecule is CC(C)(C)OC(=O)C[C@@H](CN)C(=O)O. The predicted molar refractivity (Wildman–Crippen MR) is 50.6 cm³/mol. The number of hydrogen-bond donors (Lipinski definition) is 2. The lowest BCUT2D eigenvalue weighted by Gasteiger charge is -2.20. The molecule has 0 saturated carbocycles. The second-order valence-corrected chi connectivity index (χ2v) is 4.06. The quantitative estimate of drug-likeness (QED) is 0.644. The van der Waals surface area contributed by atoms with E-state index in [9.17, 15) is 9.59 Å². The molecule has 0 aliphatic rings. The van der Waals surface area contributed by atoms with Crippen molar-refractivity contribution < 1.29 is 19.4 Å². The molecule has 0 radical (unpaired) electrons. The van der Waals surface area contributed by atoms with Crippen molar-refractivity contribution in [3.05, 3.63) is 0 Å². The van der Waals surface area contributed by atoms with Crippen LogP contribution in [-0.4, -0.2) is 29.2 Å². The van der Waals surface area contributed by atoms with Crippen molar-refractivity contribution in [2.24, 2.45) is 11.7 Å². The Morgan fingerprint density at radius 3 is 2.21 bits per heavy atom. The van der Waals surface area contributed by atoms with E-state index >= 15 is 0 Å². The van der Waals surface area contributed by atoms with Crippen LogP contribution in [0.4, 0.5) is 0 Å². The Kier molecular flexibility index (Phi) is 4.56. The molecule has 0 aliphatic heterocycles. The minimum Gasteiger partial charge on any atom is -0.481 e. The number of carbonyl (C=O) groups is 2. The highest BCUT2D eigenvalue weighted by Crippen LogP contribution is 2.11. The summed E-state index contributed by atoms with van der Waals surface area (Å²) in [6.07, 6.45) is -0.177. The first-order valence-electron chi connectivity index (χ1n) is 4.41. The van der Waals surface area contributed by atoms with E-state index in [-0.39, 0.29) is 13.0 Å². The van der Waals surface area contributed by atoms with Crippen molar-refractivity contribution in [3.63, 3.8) is 0 Å². The van der Waals surface area contributed by atoms with Crippen molar-refractivity contribution in [1.29, 1.82) is 0 Å². The van der Waals surface area contributed by atoms with Gasteiger partial charge in [-0.05, 0) is 20.8 Å². The molecule has 3 N–H and O–H groups in total. The van der Waals surface area contributed by atoms with Gasteiger partial charge in [-0.1, -0.05) is 0 Å². The van der Waals surface area contributed by atoms with Gasteiger partial charge in [0.15, 0.2) is 0 Å². The van der Waals surface area contributed by atoms with Gasteiger partial charge >= 0.3 is 11.9 Å². The van der Waals surface area contributed by atoms with Crippen LogP contribution in [0.5, 0.6) is 0 Å². The first-order chi connectivity index (χ1) is 6.26. The second-order valence-electron chi connectivity index (χ2n) is 4.06. The molecular formula is C9H17NO4. The summed E-state index contributed by atoms with van der Waals surface area (Å²) in [5.74, 6) is -2.46. The van der Waals surface area contributed by atoms with Crippen LogP contribution >= 0.6 is 0 Å². The highest BCUT2D eigenvalue weighted by atomic mass is 16.6. The maximum absolute atomic E-state index is 11.2. The fourth-order valence-electron chi connectivity index (χ4n) is 0.856. The number of carbonyl (C=O) groups excluding carboxylic acids is 1. The molecule has 0 aromatic heterocycles. The number of carboxylic acids is 1. The molecule has 14 heavy (non-hydrogen) atoms. The van der Waals surface area contributed by atoms with Gasteiger partial charge in [0, 0.05) is 6.54 Å². The summed E-state index contributed by atoms with van der Waals surface area (Å²) in [5.41, 5.74) is 4.61. The van der Waals surface area contributed by atoms with Gasteiger partial charge in [-0.25, -0.2) is 0 Å². The summed E-state index contributed by atoms with van der Waals surface area (Å²) >= 11 is 0. The Bertz CT molecular complexity index is 219. The van der Waals surface area contributed by atoms with Crippen molar-refractivity contribution in [2.45, 2.75) is 32.8 Å². The van der Waals surface area contributed by atoms with Crippen LogP contribution in [-0.2, 0) is 14.3 Å². The van der Waals surface area contributed by atoms with Gasteiger partial charge in [0.2, 0.25) is 0 Å². The van der Waals surface area contributed by atoms with Gasteiger partial charge in [-0.3, -0.25) is 9.59 Å². The maximum Gasteiger partial charge on any atom is 0.308 e. The van der Waals surface area contributed by atoms with Gasteiger partial charge in [0.25, 0.3) is 0 Å². The molecule has 5 heteroatoms. The Morgan fingerprint density at radius 1 is 1.43 bits per heavy atom. The van der Waals surface area contributed by atoms with Crippen LogP contribution in [0.3, 0.4) is 0 Å². The van der Waals surface area contributed by atoms with Crippen LogP contribution in [0.1, 0.15) is 27.2 Å². The first-order valence-corrected chi connectivity index (χ1v) is 4.41. The standard InChI is InChI=1S/C9H17NO4/c1-9(2,3)14-7(11)4-6(5-10)8(12)13/h6H,4-5,10H2,1-3H3,(H,12,13)/t6-/m0/s1. The number of ether oxygens (including phenoxy) is 1. The van der Waals surface area contributed by atoms with Crippen LogP contribution in [0.25, 0.3) is 0 Å². The average molecular weight is 203 g/mol. The minimum atomic E-state index is -1.07. The van der Waals surface area contributed by atoms with E-state index < -0.39 is 23.5 Å². The third-order valence-electron chi connectivity index (χ3n) is 1.47. The zero-order valence-electron chi connectivity index (χ0n) is 8.74. The molecule has 0 spiro atoms. The number of nitrogens with two attached hydrogens (primary N) is 1. The lowest BCUT2D eigenvalue weighted by atomic mass is 10.1. The molecule has 0 amide bonds. The summed E-state index contributed by atoms with van der Waals surface area (Å²) in [5, 5.41) is 8.63. The molecule has 0 fully saturated rings. The van der Waals surface area contributed by atoms with Crippen LogP contribution in [0.15, 0.2) is 0 Å². The fraction of sp³-hybridized carbons (Fsp3) is 0.778. The molecule has 0 heterocycles. The summed E-state index contributed by atoms with van der Waals surface area (Å²) in [4.78, 5) is 21.7. The van der Waals surface area contributed by atoms with E-state index in [0.29, 0.717) is 0 Å². The molecule has 0 rings (SSSR count). The van der Waals surface area contributed by atoms with E-state index in [1.807, 2.05) is 0 Å². The third kappa shape index (κ3) is 5.53. The monoisotopic (exact) mass is 203 g/mol. The van der Waals surface area contributed by atoms with Crippen LogP contribution in [0, 0.1) is 5.92 Å². The second kappa shape index (κ2) is 4.95. The summed E-state index contributed by atoms with van der Waals surface area (Å²) in [6.45, 7) is 5.12. The zero-order chi connectivity index (χ0) is 11.4. The van der Waals surface area contributed by atoms with E-state index in [2.05, 4.69) is 0 Å². The molecule has 0 aliphatic carbocycles. The van der Waals surface area contributed by atoms with Gasteiger partial charge in [-0.2, -0.15) is 0 Å². The van der Waals surface area contributed by atoms with Gasteiger partial charge in [-0.15, -0.1) is 0 Å². The fourth-order valence-corrected chi connectivity index (χ4v) is 0.856. The predicted octanol–water partition coefficient (Wildman–Crippen LogP) is 0.378. The smallest absolute Gasteiger partial charge is 0.308 e. The molecule has 0 unspecified atom stereocenters. The number of aliphatic carboxylic acids is 1. The lowest BCUT2D eigenvalue weighted by molar-refractivity contribution is -0.159. The Balaban J connectivity index is 4.11. The van der Waals surface area contributed by atoms with Crippen molar-refractivity contribution in [1.82, 2.24) is 0 Å². The zero-order valence-corrected chi connectivity index (χ0v) is 8.74. The van der Waals surface area contributed by atoms with Crippen LogP contribution < -0.4 is 5.73 Å². The topological polar surface area (TPSA) is 89.6 Å². The number of esters is 1. The molecule has 0 aromatic carbocycles. The van der Waals surface area contributed by atoms with Crippen LogP contribution in [0.2, 0.25) is 0 Å². The number of rotatable bonds is 4. The Hall–Kier alpha value is -1.10. The van der Waals surface area contributed by atoms with Gasteiger partial charge in [0.1, 0.15) is 5.60 Å². The maximum atomic E-state index is 11.2. The lowest BCUT2D eigenvalue weighted by Crippen LogP contribution is -2.30.